The van der Waals surface area contributed by atoms with Crippen LogP contribution in [0.5, 0.6) is 0 Å². The van der Waals surface area contributed by atoms with Gasteiger partial charge in [-0.05, 0) is 19.1 Å². The van der Waals surface area contributed by atoms with E-state index in [1.54, 1.807) is 24.4 Å². The monoisotopic (exact) mass is 328 g/mol. The lowest BCUT2D eigenvalue weighted by atomic mass is 10.2. The van der Waals surface area contributed by atoms with E-state index in [9.17, 15) is 4.79 Å². The third-order valence-electron chi connectivity index (χ3n) is 3.68. The van der Waals surface area contributed by atoms with Crippen molar-refractivity contribution < 1.29 is 0 Å². The van der Waals surface area contributed by atoms with Gasteiger partial charge in [0.15, 0.2) is 0 Å². The molecular weight excluding hydrogens is 311 g/mol. The van der Waals surface area contributed by atoms with Gasteiger partial charge >= 0.3 is 0 Å². The second kappa shape index (κ2) is 6.75. The second-order valence-electron chi connectivity index (χ2n) is 5.18. The average Bonchev–Trinajstić information content (AvgIpc) is 2.42. The minimum Gasteiger partial charge on any atom is -0.314 e. The first kappa shape index (κ1) is 16.2. The first-order valence-electron chi connectivity index (χ1n) is 6.76. The zero-order valence-electron chi connectivity index (χ0n) is 11.8. The van der Waals surface area contributed by atoms with Crippen molar-refractivity contribution in [2.45, 2.75) is 19.5 Å². The fourth-order valence-corrected chi connectivity index (χ4v) is 2.69. The van der Waals surface area contributed by atoms with Crippen LogP contribution in [0.15, 0.2) is 29.2 Å². The van der Waals surface area contributed by atoms with Crippen LogP contribution < -0.4 is 10.9 Å². The largest absolute Gasteiger partial charge is 0.314 e. The Labute approximate surface area is 134 Å². The van der Waals surface area contributed by atoms with E-state index < -0.39 is 0 Å². The summed E-state index contributed by atoms with van der Waals surface area (Å²) in [6, 6.07) is 5.57. The predicted octanol–water partition coefficient (Wildman–Crippen LogP) is 1.56. The lowest BCUT2D eigenvalue weighted by Crippen LogP contribution is -2.49. The number of nitrogens with zero attached hydrogens (tertiary/aromatic N) is 3. The van der Waals surface area contributed by atoms with Crippen molar-refractivity contribution in [3.63, 3.8) is 0 Å². The Bertz CT molecular complexity index is 688. The Balaban J connectivity index is 0.00000161. The van der Waals surface area contributed by atoms with E-state index in [0.717, 1.165) is 25.3 Å². The summed E-state index contributed by atoms with van der Waals surface area (Å²) in [5, 5.41) is 3.89. The second-order valence-corrected chi connectivity index (χ2v) is 5.62. The molecule has 1 N–H and O–H groups in total. The summed E-state index contributed by atoms with van der Waals surface area (Å²) in [5.74, 6) is 0. The minimum atomic E-state index is -0.0877. The summed E-state index contributed by atoms with van der Waals surface area (Å²) >= 11 is 5.90. The Morgan fingerprint density at radius 2 is 2.29 bits per heavy atom. The summed E-state index contributed by atoms with van der Waals surface area (Å²) in [6.07, 6.45) is 1.60. The molecule has 1 unspecified atom stereocenters. The molecule has 21 heavy (non-hydrogen) atoms. The van der Waals surface area contributed by atoms with Crippen molar-refractivity contribution in [1.82, 2.24) is 19.6 Å². The summed E-state index contributed by atoms with van der Waals surface area (Å²) in [4.78, 5) is 19.0. The highest BCUT2D eigenvalue weighted by molar-refractivity contribution is 6.30. The van der Waals surface area contributed by atoms with Crippen LogP contribution in [0.3, 0.4) is 0 Å². The van der Waals surface area contributed by atoms with E-state index in [0.29, 0.717) is 23.3 Å². The van der Waals surface area contributed by atoms with Crippen molar-refractivity contribution in [3.8, 4) is 0 Å². The maximum atomic E-state index is 12.1. The summed E-state index contributed by atoms with van der Waals surface area (Å²) in [5.41, 5.74) is 1.36. The SMILES string of the molecule is CC1CNCCN1Cc1cc(=O)n2cc(Cl)ccc2n1.Cl. The first-order valence-corrected chi connectivity index (χ1v) is 7.14. The van der Waals surface area contributed by atoms with Crippen molar-refractivity contribution in [2.24, 2.45) is 0 Å². The van der Waals surface area contributed by atoms with Gasteiger partial charge in [0.25, 0.3) is 5.56 Å². The Morgan fingerprint density at radius 1 is 1.48 bits per heavy atom. The maximum absolute atomic E-state index is 12.1. The van der Waals surface area contributed by atoms with Gasteiger partial charge in [0.2, 0.25) is 0 Å². The Morgan fingerprint density at radius 3 is 3.05 bits per heavy atom. The molecule has 3 heterocycles. The molecule has 3 rings (SSSR count). The number of halogens is 2. The molecule has 2 aromatic heterocycles. The average molecular weight is 329 g/mol. The van der Waals surface area contributed by atoms with Gasteiger partial charge in [-0.1, -0.05) is 11.6 Å². The molecule has 2 aromatic rings. The molecule has 0 amide bonds. The number of piperazine rings is 1. The zero-order chi connectivity index (χ0) is 14.1. The topological polar surface area (TPSA) is 49.6 Å². The number of hydrogen-bond acceptors (Lipinski definition) is 4. The minimum absolute atomic E-state index is 0. The predicted molar refractivity (Wildman–Crippen MR) is 86.5 cm³/mol. The third kappa shape index (κ3) is 3.55. The molecule has 1 fully saturated rings. The third-order valence-corrected chi connectivity index (χ3v) is 3.90. The molecule has 1 aliphatic rings. The van der Waals surface area contributed by atoms with Gasteiger partial charge < -0.3 is 5.32 Å². The van der Waals surface area contributed by atoms with Crippen LogP contribution in [0.2, 0.25) is 5.02 Å². The van der Waals surface area contributed by atoms with Crippen LogP contribution in [0.1, 0.15) is 12.6 Å². The molecule has 5 nitrogen and oxygen atoms in total. The van der Waals surface area contributed by atoms with Gasteiger partial charge in [-0.25, -0.2) is 4.98 Å². The fraction of sp³-hybridized carbons (Fsp3) is 0.429. The van der Waals surface area contributed by atoms with Gasteiger partial charge in [0.1, 0.15) is 5.65 Å². The maximum Gasteiger partial charge on any atom is 0.258 e. The van der Waals surface area contributed by atoms with E-state index in [-0.39, 0.29) is 18.0 Å². The number of fused-ring (bicyclic) bond motifs is 1. The highest BCUT2D eigenvalue weighted by Crippen LogP contribution is 2.11. The van der Waals surface area contributed by atoms with Gasteiger partial charge in [0, 0.05) is 44.5 Å². The lowest BCUT2D eigenvalue weighted by Gasteiger charge is -2.33. The molecule has 1 aliphatic heterocycles. The fourth-order valence-electron chi connectivity index (χ4n) is 2.53. The number of aromatic nitrogens is 2. The summed E-state index contributed by atoms with van der Waals surface area (Å²) < 4.78 is 1.48. The smallest absolute Gasteiger partial charge is 0.258 e. The van der Waals surface area contributed by atoms with E-state index in [2.05, 4.69) is 22.1 Å². The first-order chi connectivity index (χ1) is 9.63. The quantitative estimate of drug-likeness (QED) is 0.909. The normalized spacial score (nSPS) is 19.4. The van der Waals surface area contributed by atoms with Crippen LogP contribution in [-0.2, 0) is 6.54 Å². The van der Waals surface area contributed by atoms with Crippen LogP contribution in [0.25, 0.3) is 5.65 Å². The van der Waals surface area contributed by atoms with Gasteiger partial charge in [0.05, 0.1) is 10.7 Å². The molecule has 0 aromatic carbocycles. The number of nitrogens with one attached hydrogen (secondary N) is 1. The van der Waals surface area contributed by atoms with Gasteiger partial charge in [-0.15, -0.1) is 12.4 Å². The molecule has 0 radical (unpaired) electrons. The van der Waals surface area contributed by atoms with Crippen molar-refractivity contribution >= 4 is 29.7 Å². The Hall–Kier alpha value is -1.14. The standard InChI is InChI=1S/C14H17ClN4O.ClH/c1-10-7-16-4-5-18(10)9-12-6-14(20)19-8-11(15)2-3-13(19)17-12;/h2-3,6,8,10,16H,4-5,7,9H2,1H3;1H. The zero-order valence-corrected chi connectivity index (χ0v) is 13.3. The van der Waals surface area contributed by atoms with Crippen LogP contribution in [0.4, 0.5) is 0 Å². The van der Waals surface area contributed by atoms with Crippen LogP contribution >= 0.6 is 24.0 Å². The molecule has 1 saturated heterocycles. The van der Waals surface area contributed by atoms with E-state index >= 15 is 0 Å². The van der Waals surface area contributed by atoms with Gasteiger partial charge in [-0.2, -0.15) is 0 Å². The molecule has 0 bridgehead atoms. The highest BCUT2D eigenvalue weighted by Gasteiger charge is 2.18. The highest BCUT2D eigenvalue weighted by atomic mass is 35.5. The molecule has 1 atom stereocenters. The molecule has 0 saturated carbocycles. The Kier molecular flexibility index (Phi) is 5.22. The number of pyridine rings is 1. The summed E-state index contributed by atoms with van der Waals surface area (Å²) in [6.45, 7) is 5.81. The van der Waals surface area contributed by atoms with E-state index in [1.807, 2.05) is 0 Å². The number of hydrogen-bond donors (Lipinski definition) is 1. The van der Waals surface area contributed by atoms with Crippen LogP contribution in [-0.4, -0.2) is 40.0 Å². The lowest BCUT2D eigenvalue weighted by molar-refractivity contribution is 0.164. The van der Waals surface area contributed by atoms with Crippen molar-refractivity contribution in [1.29, 1.82) is 0 Å². The molecule has 0 aliphatic carbocycles. The van der Waals surface area contributed by atoms with Gasteiger partial charge in [-0.3, -0.25) is 14.1 Å². The molecule has 7 heteroatoms. The van der Waals surface area contributed by atoms with Crippen molar-refractivity contribution in [3.05, 3.63) is 45.5 Å². The summed E-state index contributed by atoms with van der Waals surface area (Å²) in [7, 11) is 0. The number of rotatable bonds is 2. The van der Waals surface area contributed by atoms with E-state index in [1.165, 1.54) is 4.40 Å². The molecule has 0 spiro atoms. The molecular formula is C14H18Cl2N4O. The van der Waals surface area contributed by atoms with E-state index in [4.69, 9.17) is 11.6 Å². The molecule has 114 valence electrons. The van der Waals surface area contributed by atoms with Crippen LogP contribution in [0, 0.1) is 0 Å². The van der Waals surface area contributed by atoms with Crippen molar-refractivity contribution in [2.75, 3.05) is 19.6 Å².